The van der Waals surface area contributed by atoms with E-state index >= 15 is 0 Å². The van der Waals surface area contributed by atoms with Gasteiger partial charge in [0.15, 0.2) is 0 Å². The molecule has 16 heavy (non-hydrogen) atoms. The van der Waals surface area contributed by atoms with E-state index in [1.165, 1.54) is 0 Å². The summed E-state index contributed by atoms with van der Waals surface area (Å²) in [4.78, 5) is 0. The Bertz CT molecular complexity index is 499. The molecule has 1 aromatic heterocycles. The lowest BCUT2D eigenvalue weighted by Crippen LogP contribution is -2.04. The topological polar surface area (TPSA) is 51.0 Å². The molecule has 0 amide bonds. The van der Waals surface area contributed by atoms with Crippen LogP contribution in [0.1, 0.15) is 5.89 Å². The van der Waals surface area contributed by atoms with Crippen molar-refractivity contribution in [3.8, 4) is 11.5 Å². The van der Waals surface area contributed by atoms with Gasteiger partial charge in [-0.15, -0.1) is 10.2 Å². The lowest BCUT2D eigenvalue weighted by molar-refractivity contribution is 0.490. The molecule has 0 spiro atoms. The predicted molar refractivity (Wildman–Crippen MR) is 67.9 cm³/mol. The molecule has 0 saturated carbocycles. The molecule has 0 unspecified atom stereocenters. The third kappa shape index (κ3) is 2.50. The molecule has 0 aliphatic heterocycles. The van der Waals surface area contributed by atoms with Crippen LogP contribution in [0.15, 0.2) is 31.6 Å². The number of nitrogens with zero attached hydrogens (tertiary/aromatic N) is 2. The number of nitrogens with one attached hydrogen (secondary N) is 1. The Labute approximate surface area is 110 Å². The minimum Gasteiger partial charge on any atom is -0.419 e. The molecule has 0 radical (unpaired) electrons. The van der Waals surface area contributed by atoms with Crippen LogP contribution in [0.25, 0.3) is 11.5 Å². The molecule has 0 saturated heterocycles. The molecular formula is C10H9Br2N3O. The van der Waals surface area contributed by atoms with Gasteiger partial charge in [-0.05, 0) is 41.2 Å². The van der Waals surface area contributed by atoms with Gasteiger partial charge < -0.3 is 9.73 Å². The van der Waals surface area contributed by atoms with E-state index in [4.69, 9.17) is 4.42 Å². The SMILES string of the molecule is CNCc1nnc(-c2ccc(Br)cc2Br)o1. The zero-order chi connectivity index (χ0) is 11.5. The molecule has 84 valence electrons. The van der Waals surface area contributed by atoms with E-state index in [1.807, 2.05) is 25.2 Å². The fraction of sp³-hybridized carbons (Fsp3) is 0.200. The Morgan fingerprint density at radius 1 is 1.31 bits per heavy atom. The van der Waals surface area contributed by atoms with Gasteiger partial charge in [-0.3, -0.25) is 0 Å². The Balaban J connectivity index is 2.35. The molecule has 2 rings (SSSR count). The molecular weight excluding hydrogens is 338 g/mol. The number of aromatic nitrogens is 2. The van der Waals surface area contributed by atoms with Crippen LogP contribution in [0.4, 0.5) is 0 Å². The normalized spacial score (nSPS) is 10.7. The van der Waals surface area contributed by atoms with Gasteiger partial charge in [-0.2, -0.15) is 0 Å². The van der Waals surface area contributed by atoms with Gasteiger partial charge in [0, 0.05) is 8.95 Å². The van der Waals surface area contributed by atoms with Crippen molar-refractivity contribution in [2.45, 2.75) is 6.54 Å². The molecule has 0 fully saturated rings. The van der Waals surface area contributed by atoms with E-state index in [-0.39, 0.29) is 0 Å². The maximum atomic E-state index is 5.50. The molecule has 1 aromatic carbocycles. The van der Waals surface area contributed by atoms with Gasteiger partial charge in [0.05, 0.1) is 12.1 Å². The van der Waals surface area contributed by atoms with Crippen molar-refractivity contribution in [1.82, 2.24) is 15.5 Å². The third-order valence-corrected chi connectivity index (χ3v) is 3.11. The number of benzene rings is 1. The van der Waals surface area contributed by atoms with Crippen molar-refractivity contribution in [3.63, 3.8) is 0 Å². The fourth-order valence-electron chi connectivity index (χ4n) is 1.25. The highest BCUT2D eigenvalue weighted by atomic mass is 79.9. The third-order valence-electron chi connectivity index (χ3n) is 1.96. The number of rotatable bonds is 3. The van der Waals surface area contributed by atoms with Crippen LogP contribution >= 0.6 is 31.9 Å². The van der Waals surface area contributed by atoms with Gasteiger partial charge in [-0.1, -0.05) is 15.9 Å². The van der Waals surface area contributed by atoms with Gasteiger partial charge in [0.25, 0.3) is 0 Å². The first-order valence-corrected chi connectivity index (χ1v) is 6.21. The summed E-state index contributed by atoms with van der Waals surface area (Å²) >= 11 is 6.85. The van der Waals surface area contributed by atoms with E-state index in [1.54, 1.807) is 0 Å². The highest BCUT2D eigenvalue weighted by molar-refractivity contribution is 9.11. The molecule has 2 aromatic rings. The van der Waals surface area contributed by atoms with Crippen LogP contribution in [-0.2, 0) is 6.54 Å². The molecule has 0 atom stereocenters. The van der Waals surface area contributed by atoms with Crippen molar-refractivity contribution >= 4 is 31.9 Å². The van der Waals surface area contributed by atoms with E-state index in [0.717, 1.165) is 14.5 Å². The zero-order valence-corrected chi connectivity index (χ0v) is 11.7. The van der Waals surface area contributed by atoms with Crippen molar-refractivity contribution < 1.29 is 4.42 Å². The van der Waals surface area contributed by atoms with Gasteiger partial charge >= 0.3 is 0 Å². The summed E-state index contributed by atoms with van der Waals surface area (Å²) in [6.45, 7) is 0.571. The maximum Gasteiger partial charge on any atom is 0.248 e. The van der Waals surface area contributed by atoms with Gasteiger partial charge in [-0.25, -0.2) is 0 Å². The standard InChI is InChI=1S/C10H9Br2N3O/c1-13-5-9-14-15-10(16-9)7-3-2-6(11)4-8(7)12/h2-4,13H,5H2,1H3. The first-order chi connectivity index (χ1) is 7.70. The first kappa shape index (κ1) is 11.8. The smallest absolute Gasteiger partial charge is 0.248 e. The minimum absolute atomic E-state index is 0.518. The predicted octanol–water partition coefficient (Wildman–Crippen LogP) is 2.98. The van der Waals surface area contributed by atoms with Crippen LogP contribution in [0, 0.1) is 0 Å². The summed E-state index contributed by atoms with van der Waals surface area (Å²) in [6, 6.07) is 5.80. The lowest BCUT2D eigenvalue weighted by atomic mass is 10.2. The molecule has 0 aliphatic rings. The van der Waals surface area contributed by atoms with E-state index in [9.17, 15) is 0 Å². The quantitative estimate of drug-likeness (QED) is 0.928. The van der Waals surface area contributed by atoms with E-state index in [0.29, 0.717) is 18.3 Å². The average Bonchev–Trinajstić information content (AvgIpc) is 2.67. The number of hydrogen-bond acceptors (Lipinski definition) is 4. The number of halogens is 2. The summed E-state index contributed by atoms with van der Waals surface area (Å²) in [6.07, 6.45) is 0. The van der Waals surface area contributed by atoms with Crippen molar-refractivity contribution in [2.75, 3.05) is 7.05 Å². The zero-order valence-electron chi connectivity index (χ0n) is 8.50. The van der Waals surface area contributed by atoms with Crippen LogP contribution in [-0.4, -0.2) is 17.2 Å². The van der Waals surface area contributed by atoms with Crippen LogP contribution < -0.4 is 5.32 Å². The molecule has 0 bridgehead atoms. The van der Waals surface area contributed by atoms with Crippen LogP contribution in [0.5, 0.6) is 0 Å². The summed E-state index contributed by atoms with van der Waals surface area (Å²) in [5.74, 6) is 1.09. The second-order valence-electron chi connectivity index (χ2n) is 3.16. The Hall–Kier alpha value is -0.720. The van der Waals surface area contributed by atoms with E-state index < -0.39 is 0 Å². The summed E-state index contributed by atoms with van der Waals surface area (Å²) in [5, 5.41) is 10.9. The van der Waals surface area contributed by atoms with Crippen molar-refractivity contribution in [2.24, 2.45) is 0 Å². The van der Waals surface area contributed by atoms with Crippen molar-refractivity contribution in [1.29, 1.82) is 0 Å². The second-order valence-corrected chi connectivity index (χ2v) is 4.93. The first-order valence-electron chi connectivity index (χ1n) is 4.63. The maximum absolute atomic E-state index is 5.50. The highest BCUT2D eigenvalue weighted by Crippen LogP contribution is 2.29. The number of hydrogen-bond donors (Lipinski definition) is 1. The largest absolute Gasteiger partial charge is 0.419 e. The Morgan fingerprint density at radius 3 is 2.81 bits per heavy atom. The second kappa shape index (κ2) is 5.07. The highest BCUT2D eigenvalue weighted by Gasteiger charge is 2.11. The summed E-state index contributed by atoms with van der Waals surface area (Å²) < 4.78 is 7.42. The fourth-order valence-corrected chi connectivity index (χ4v) is 2.46. The van der Waals surface area contributed by atoms with Crippen LogP contribution in [0.3, 0.4) is 0 Å². The lowest BCUT2D eigenvalue weighted by Gasteiger charge is -1.99. The van der Waals surface area contributed by atoms with Gasteiger partial charge in [0.2, 0.25) is 11.8 Å². The Morgan fingerprint density at radius 2 is 2.12 bits per heavy atom. The van der Waals surface area contributed by atoms with Gasteiger partial charge in [0.1, 0.15) is 0 Å². The molecule has 0 aliphatic carbocycles. The average molecular weight is 347 g/mol. The van der Waals surface area contributed by atoms with Crippen molar-refractivity contribution in [3.05, 3.63) is 33.0 Å². The molecule has 1 N–H and O–H groups in total. The Kier molecular flexibility index (Phi) is 3.73. The van der Waals surface area contributed by atoms with E-state index in [2.05, 4.69) is 47.4 Å². The monoisotopic (exact) mass is 345 g/mol. The summed E-state index contributed by atoms with van der Waals surface area (Å²) in [5.41, 5.74) is 0.887. The molecule has 4 nitrogen and oxygen atoms in total. The minimum atomic E-state index is 0.518. The van der Waals surface area contributed by atoms with Crippen LogP contribution in [0.2, 0.25) is 0 Å². The molecule has 1 heterocycles. The molecule has 6 heteroatoms. The summed E-state index contributed by atoms with van der Waals surface area (Å²) in [7, 11) is 1.83.